The molecular weight excluding hydrogens is 278 g/mol. The Balaban J connectivity index is 1.83. The van der Waals surface area contributed by atoms with Crippen molar-refractivity contribution >= 4 is 17.4 Å². The SMILES string of the molecule is C[C@@H]1CCN(C(=O)CN)CC1N(C)c1ccnc2c1CCN2. The Morgan fingerprint density at radius 3 is 3.18 bits per heavy atom. The Hall–Kier alpha value is -1.82. The molecule has 0 saturated carbocycles. The first-order valence-electron chi connectivity index (χ1n) is 8.04. The van der Waals surface area contributed by atoms with E-state index in [2.05, 4.69) is 35.2 Å². The minimum atomic E-state index is 0.0481. The number of piperidine rings is 1. The number of amides is 1. The third-order valence-electron chi connectivity index (χ3n) is 5.02. The zero-order valence-corrected chi connectivity index (χ0v) is 13.4. The number of fused-ring (bicyclic) bond motifs is 1. The van der Waals surface area contributed by atoms with Crippen LogP contribution >= 0.6 is 0 Å². The van der Waals surface area contributed by atoms with Crippen LogP contribution in [0.5, 0.6) is 0 Å². The lowest BCUT2D eigenvalue weighted by molar-refractivity contribution is -0.131. The zero-order chi connectivity index (χ0) is 15.7. The van der Waals surface area contributed by atoms with Gasteiger partial charge in [0.05, 0.1) is 6.54 Å². The van der Waals surface area contributed by atoms with Crippen LogP contribution in [0.4, 0.5) is 11.5 Å². The topological polar surface area (TPSA) is 74.5 Å². The maximum absolute atomic E-state index is 11.9. The molecule has 6 heteroatoms. The summed E-state index contributed by atoms with van der Waals surface area (Å²) >= 11 is 0. The van der Waals surface area contributed by atoms with Crippen molar-refractivity contribution in [2.75, 3.05) is 43.4 Å². The molecule has 0 spiro atoms. The lowest BCUT2D eigenvalue weighted by atomic mass is 9.91. The first kappa shape index (κ1) is 15.1. The molecular formula is C16H25N5O. The number of nitrogens with zero attached hydrogens (tertiary/aromatic N) is 3. The number of carbonyl (C=O) groups excluding carboxylic acids is 1. The van der Waals surface area contributed by atoms with Gasteiger partial charge in [-0.1, -0.05) is 6.92 Å². The molecule has 1 aromatic heterocycles. The second-order valence-electron chi connectivity index (χ2n) is 6.32. The maximum atomic E-state index is 11.9. The highest BCUT2D eigenvalue weighted by Gasteiger charge is 2.32. The predicted molar refractivity (Wildman–Crippen MR) is 88.0 cm³/mol. The lowest BCUT2D eigenvalue weighted by Gasteiger charge is -2.43. The molecule has 2 atom stereocenters. The third-order valence-corrected chi connectivity index (χ3v) is 5.02. The highest BCUT2D eigenvalue weighted by atomic mass is 16.2. The first-order valence-corrected chi connectivity index (χ1v) is 8.04. The third kappa shape index (κ3) is 2.63. The summed E-state index contributed by atoms with van der Waals surface area (Å²) in [5.74, 6) is 1.60. The summed E-state index contributed by atoms with van der Waals surface area (Å²) in [6.07, 6.45) is 3.89. The van der Waals surface area contributed by atoms with Gasteiger partial charge in [-0.25, -0.2) is 4.98 Å². The Morgan fingerprint density at radius 1 is 1.59 bits per heavy atom. The second kappa shape index (κ2) is 6.12. The molecule has 0 bridgehead atoms. The number of rotatable bonds is 3. The number of likely N-dealkylation sites (tertiary alicyclic amines) is 1. The summed E-state index contributed by atoms with van der Waals surface area (Å²) in [7, 11) is 2.13. The van der Waals surface area contributed by atoms with Crippen molar-refractivity contribution in [1.82, 2.24) is 9.88 Å². The average Bonchev–Trinajstić information content (AvgIpc) is 3.02. The molecule has 1 fully saturated rings. The van der Waals surface area contributed by atoms with Crippen molar-refractivity contribution in [2.24, 2.45) is 11.7 Å². The number of anilines is 2. The van der Waals surface area contributed by atoms with E-state index < -0.39 is 0 Å². The van der Waals surface area contributed by atoms with E-state index in [0.717, 1.165) is 38.3 Å². The van der Waals surface area contributed by atoms with Crippen molar-refractivity contribution in [1.29, 1.82) is 0 Å². The number of likely N-dealkylation sites (N-methyl/N-ethyl adjacent to an activating group) is 1. The molecule has 120 valence electrons. The monoisotopic (exact) mass is 303 g/mol. The Labute approximate surface area is 131 Å². The van der Waals surface area contributed by atoms with Crippen molar-refractivity contribution in [3.63, 3.8) is 0 Å². The van der Waals surface area contributed by atoms with Gasteiger partial charge in [-0.2, -0.15) is 0 Å². The van der Waals surface area contributed by atoms with Crippen molar-refractivity contribution in [3.8, 4) is 0 Å². The number of pyridine rings is 1. The van der Waals surface area contributed by atoms with E-state index in [1.54, 1.807) is 0 Å². The summed E-state index contributed by atoms with van der Waals surface area (Å²) in [6, 6.07) is 2.40. The second-order valence-corrected chi connectivity index (χ2v) is 6.32. The smallest absolute Gasteiger partial charge is 0.236 e. The van der Waals surface area contributed by atoms with Crippen LogP contribution in [0, 0.1) is 5.92 Å². The van der Waals surface area contributed by atoms with Crippen LogP contribution in [-0.2, 0) is 11.2 Å². The summed E-state index contributed by atoms with van der Waals surface area (Å²) in [5, 5.41) is 3.33. The van der Waals surface area contributed by atoms with Crippen molar-refractivity contribution in [2.45, 2.75) is 25.8 Å². The van der Waals surface area contributed by atoms with E-state index in [9.17, 15) is 4.79 Å². The fraction of sp³-hybridized carbons (Fsp3) is 0.625. The lowest BCUT2D eigenvalue weighted by Crippen LogP contribution is -2.53. The van der Waals surface area contributed by atoms with Gasteiger partial charge in [-0.15, -0.1) is 0 Å². The van der Waals surface area contributed by atoms with Gasteiger partial charge >= 0.3 is 0 Å². The predicted octanol–water partition coefficient (Wildman–Crippen LogP) is 0.682. The largest absolute Gasteiger partial charge is 0.369 e. The normalized spacial score (nSPS) is 23.9. The molecule has 0 aliphatic carbocycles. The molecule has 2 aliphatic rings. The highest BCUT2D eigenvalue weighted by Crippen LogP contribution is 2.33. The van der Waals surface area contributed by atoms with Crippen LogP contribution in [-0.4, -0.2) is 55.1 Å². The molecule has 3 N–H and O–H groups in total. The van der Waals surface area contributed by atoms with Gasteiger partial charge in [0.2, 0.25) is 5.91 Å². The van der Waals surface area contributed by atoms with Gasteiger partial charge in [0.25, 0.3) is 0 Å². The molecule has 6 nitrogen and oxygen atoms in total. The zero-order valence-electron chi connectivity index (χ0n) is 13.4. The molecule has 0 radical (unpaired) electrons. The van der Waals surface area contributed by atoms with Crippen molar-refractivity contribution < 1.29 is 4.79 Å². The summed E-state index contributed by atoms with van der Waals surface area (Å²) < 4.78 is 0. The number of aromatic nitrogens is 1. The molecule has 3 rings (SSSR count). The fourth-order valence-corrected chi connectivity index (χ4v) is 3.60. The minimum Gasteiger partial charge on any atom is -0.369 e. The van der Waals surface area contributed by atoms with Gasteiger partial charge in [-0.3, -0.25) is 4.79 Å². The van der Waals surface area contributed by atoms with Crippen LogP contribution in [0.25, 0.3) is 0 Å². The molecule has 1 saturated heterocycles. The molecule has 3 heterocycles. The van der Waals surface area contributed by atoms with Crippen LogP contribution in [0.2, 0.25) is 0 Å². The summed E-state index contributed by atoms with van der Waals surface area (Å²) in [4.78, 5) is 20.6. The van der Waals surface area contributed by atoms with Gasteiger partial charge in [0, 0.05) is 50.2 Å². The van der Waals surface area contributed by atoms with Crippen LogP contribution in [0.1, 0.15) is 18.9 Å². The molecule has 22 heavy (non-hydrogen) atoms. The summed E-state index contributed by atoms with van der Waals surface area (Å²) in [5.41, 5.74) is 8.04. The van der Waals surface area contributed by atoms with E-state index in [1.807, 2.05) is 11.1 Å². The minimum absolute atomic E-state index is 0.0481. The molecule has 1 unspecified atom stereocenters. The Bertz CT molecular complexity index is 561. The number of hydrogen-bond donors (Lipinski definition) is 2. The van der Waals surface area contributed by atoms with Crippen LogP contribution < -0.4 is 16.0 Å². The van der Waals surface area contributed by atoms with Crippen LogP contribution in [0.15, 0.2) is 12.3 Å². The van der Waals surface area contributed by atoms with E-state index in [0.29, 0.717) is 12.0 Å². The Morgan fingerprint density at radius 2 is 2.41 bits per heavy atom. The number of carbonyl (C=O) groups is 1. The van der Waals surface area contributed by atoms with Gasteiger partial charge in [0.1, 0.15) is 5.82 Å². The van der Waals surface area contributed by atoms with E-state index in [4.69, 9.17) is 5.73 Å². The average molecular weight is 303 g/mol. The number of nitrogens with one attached hydrogen (secondary N) is 1. The van der Waals surface area contributed by atoms with Gasteiger partial charge in [0.15, 0.2) is 0 Å². The van der Waals surface area contributed by atoms with Gasteiger partial charge < -0.3 is 20.9 Å². The molecule has 1 amide bonds. The maximum Gasteiger partial charge on any atom is 0.236 e. The summed E-state index contributed by atoms with van der Waals surface area (Å²) in [6.45, 7) is 4.88. The van der Waals surface area contributed by atoms with Crippen LogP contribution in [0.3, 0.4) is 0 Å². The molecule has 1 aromatic rings. The van der Waals surface area contributed by atoms with E-state index in [1.165, 1.54) is 11.3 Å². The molecule has 2 aliphatic heterocycles. The standard InChI is InChI=1S/C16H25N5O/c1-11-5-8-21(15(22)9-17)10-14(11)20(2)13-4-7-19-16-12(13)3-6-18-16/h4,7,11,14H,3,5-6,8-10,17H2,1-2H3,(H,18,19)/t11-,14?/m1/s1. The first-order chi connectivity index (χ1) is 10.6. The number of nitrogens with two attached hydrogens (primary N) is 1. The van der Waals surface area contributed by atoms with E-state index in [-0.39, 0.29) is 12.5 Å². The van der Waals surface area contributed by atoms with Crippen molar-refractivity contribution in [3.05, 3.63) is 17.8 Å². The molecule has 0 aromatic carbocycles. The highest BCUT2D eigenvalue weighted by molar-refractivity contribution is 5.78. The Kier molecular flexibility index (Phi) is 4.20. The van der Waals surface area contributed by atoms with E-state index >= 15 is 0 Å². The fourth-order valence-electron chi connectivity index (χ4n) is 3.60. The van der Waals surface area contributed by atoms with Gasteiger partial charge in [-0.05, 0) is 24.8 Å². The quantitative estimate of drug-likeness (QED) is 0.859. The number of hydrogen-bond acceptors (Lipinski definition) is 5.